The van der Waals surface area contributed by atoms with E-state index in [2.05, 4.69) is 24.0 Å². The number of aromatic nitrogens is 2. The van der Waals surface area contributed by atoms with Gasteiger partial charge in [-0.15, -0.1) is 10.2 Å². The number of nitrogens with two attached hydrogens (primary N) is 1. The Hall–Kier alpha value is 0.220. The third-order valence-corrected chi connectivity index (χ3v) is 6.23. The fourth-order valence-corrected chi connectivity index (χ4v) is 4.61. The van der Waals surface area contributed by atoms with Gasteiger partial charge in [0.05, 0.1) is 0 Å². The predicted molar refractivity (Wildman–Crippen MR) is 93.2 cm³/mol. The van der Waals surface area contributed by atoms with Gasteiger partial charge in [-0.25, -0.2) is 0 Å². The van der Waals surface area contributed by atoms with Crippen LogP contribution in [0, 0.1) is 0 Å². The van der Waals surface area contributed by atoms with Crippen molar-refractivity contribution in [2.75, 3.05) is 0 Å². The number of rotatable bonds is 12. The molecule has 1 heterocycles. The monoisotopic (exact) mass is 333 g/mol. The zero-order chi connectivity index (χ0) is 14.6. The lowest BCUT2D eigenvalue weighted by molar-refractivity contribution is 0.497. The molecule has 0 fully saturated rings. The molecule has 1 aromatic heterocycles. The average molecular weight is 334 g/mol. The van der Waals surface area contributed by atoms with Crippen molar-refractivity contribution in [1.29, 1.82) is 0 Å². The molecule has 2 N–H and O–H groups in total. The molecular formula is C14H27N3S3. The molecule has 1 aromatic rings. The minimum absolute atomic E-state index is 0.605. The van der Waals surface area contributed by atoms with E-state index in [9.17, 15) is 0 Å². The van der Waals surface area contributed by atoms with Gasteiger partial charge in [0.25, 0.3) is 0 Å². The van der Waals surface area contributed by atoms with Crippen LogP contribution in [0.25, 0.3) is 0 Å². The van der Waals surface area contributed by atoms with Gasteiger partial charge in [-0.05, 0) is 34.6 Å². The fourth-order valence-electron chi connectivity index (χ4n) is 2.31. The van der Waals surface area contributed by atoms with E-state index in [0.29, 0.717) is 5.92 Å². The van der Waals surface area contributed by atoms with Gasteiger partial charge in [-0.2, -0.15) is 0 Å². The summed E-state index contributed by atoms with van der Waals surface area (Å²) in [5, 5.41) is 15.3. The fraction of sp³-hybridized carbons (Fsp3) is 0.857. The molecule has 1 unspecified atom stereocenters. The second-order valence-corrected chi connectivity index (χ2v) is 8.22. The second kappa shape index (κ2) is 11.8. The van der Waals surface area contributed by atoms with Crippen LogP contribution in [0.15, 0.2) is 4.34 Å². The van der Waals surface area contributed by atoms with Crippen LogP contribution in [0.4, 0.5) is 0 Å². The predicted octanol–water partition coefficient (Wildman–Crippen LogP) is 5.79. The van der Waals surface area contributed by atoms with Gasteiger partial charge in [-0.3, -0.25) is 5.14 Å². The summed E-state index contributed by atoms with van der Waals surface area (Å²) in [5.74, 6) is 0.605. The van der Waals surface area contributed by atoms with Gasteiger partial charge < -0.3 is 0 Å². The Labute approximate surface area is 135 Å². The summed E-state index contributed by atoms with van der Waals surface area (Å²) in [5.41, 5.74) is 0. The van der Waals surface area contributed by atoms with Crippen LogP contribution in [0.2, 0.25) is 0 Å². The molecule has 0 saturated carbocycles. The topological polar surface area (TPSA) is 51.8 Å². The van der Waals surface area contributed by atoms with Gasteiger partial charge in [0.2, 0.25) is 0 Å². The standard InChI is InChI=1S/C14H27N3S3/c1-3-5-7-9-11-12(10-8-6-4-2)13-16-17-14(18-13)19-20-15/h12H,3-11,15H2,1-2H3. The van der Waals surface area contributed by atoms with Crippen LogP contribution < -0.4 is 5.14 Å². The number of nitrogens with zero attached hydrogens (tertiary/aromatic N) is 2. The van der Waals surface area contributed by atoms with Crippen molar-refractivity contribution in [3.63, 3.8) is 0 Å². The van der Waals surface area contributed by atoms with Crippen LogP contribution in [0.3, 0.4) is 0 Å². The quantitative estimate of drug-likeness (QED) is 0.298. The van der Waals surface area contributed by atoms with Crippen LogP contribution in [-0.2, 0) is 0 Å². The molecule has 1 rings (SSSR count). The van der Waals surface area contributed by atoms with Crippen LogP contribution >= 0.6 is 33.1 Å². The molecule has 0 aliphatic heterocycles. The lowest BCUT2D eigenvalue weighted by atomic mass is 9.95. The van der Waals surface area contributed by atoms with Crippen molar-refractivity contribution in [1.82, 2.24) is 10.2 Å². The lowest BCUT2D eigenvalue weighted by Crippen LogP contribution is -1.99. The highest BCUT2D eigenvalue weighted by Gasteiger charge is 2.16. The van der Waals surface area contributed by atoms with E-state index in [-0.39, 0.29) is 0 Å². The third-order valence-electron chi connectivity index (χ3n) is 3.45. The van der Waals surface area contributed by atoms with E-state index in [4.69, 9.17) is 5.14 Å². The van der Waals surface area contributed by atoms with Gasteiger partial charge in [0.15, 0.2) is 4.34 Å². The maximum Gasteiger partial charge on any atom is 0.186 e. The minimum Gasteiger partial charge on any atom is -0.268 e. The third kappa shape index (κ3) is 7.29. The zero-order valence-electron chi connectivity index (χ0n) is 12.6. The molecule has 0 radical (unpaired) electrons. The van der Waals surface area contributed by atoms with Crippen molar-refractivity contribution < 1.29 is 0 Å². The smallest absolute Gasteiger partial charge is 0.186 e. The van der Waals surface area contributed by atoms with Gasteiger partial charge >= 0.3 is 0 Å². The highest BCUT2D eigenvalue weighted by Crippen LogP contribution is 2.35. The average Bonchev–Trinajstić information content (AvgIpc) is 2.90. The number of hydrogen-bond acceptors (Lipinski definition) is 6. The molecular weight excluding hydrogens is 306 g/mol. The van der Waals surface area contributed by atoms with Crippen LogP contribution in [0.1, 0.15) is 82.6 Å². The largest absolute Gasteiger partial charge is 0.268 e. The Morgan fingerprint density at radius 3 is 2.30 bits per heavy atom. The van der Waals surface area contributed by atoms with E-state index in [1.165, 1.54) is 84.6 Å². The van der Waals surface area contributed by atoms with E-state index >= 15 is 0 Å². The molecule has 0 saturated heterocycles. The summed E-state index contributed by atoms with van der Waals surface area (Å²) < 4.78 is 0.988. The van der Waals surface area contributed by atoms with Gasteiger partial charge in [0.1, 0.15) is 5.01 Å². The SMILES string of the molecule is CCCCCCC(CCCCC)c1nnc(SSN)s1. The summed E-state index contributed by atoms with van der Waals surface area (Å²) in [4.78, 5) is 0. The summed E-state index contributed by atoms with van der Waals surface area (Å²) >= 11 is 1.73. The molecule has 3 nitrogen and oxygen atoms in total. The number of unbranched alkanes of at least 4 members (excludes halogenated alkanes) is 5. The van der Waals surface area contributed by atoms with Crippen LogP contribution in [-0.4, -0.2) is 10.2 Å². The van der Waals surface area contributed by atoms with Crippen molar-refractivity contribution >= 4 is 33.1 Å². The summed E-state index contributed by atoms with van der Waals surface area (Å²) in [6.45, 7) is 4.52. The molecule has 0 spiro atoms. The van der Waals surface area contributed by atoms with Gasteiger partial charge in [0, 0.05) is 5.92 Å². The molecule has 0 aliphatic rings. The van der Waals surface area contributed by atoms with Gasteiger partial charge in [-0.1, -0.05) is 70.1 Å². The first-order valence-electron chi connectivity index (χ1n) is 7.68. The first kappa shape index (κ1) is 18.3. The molecule has 0 amide bonds. The van der Waals surface area contributed by atoms with Crippen molar-refractivity contribution in [3.05, 3.63) is 5.01 Å². The van der Waals surface area contributed by atoms with Crippen molar-refractivity contribution in [2.45, 2.75) is 81.9 Å². The normalized spacial score (nSPS) is 12.8. The number of hydrogen-bond donors (Lipinski definition) is 1. The molecule has 0 bridgehead atoms. The molecule has 20 heavy (non-hydrogen) atoms. The highest BCUT2D eigenvalue weighted by molar-refractivity contribution is 8.76. The summed E-state index contributed by atoms with van der Waals surface area (Å²) in [7, 11) is 2.76. The van der Waals surface area contributed by atoms with Crippen molar-refractivity contribution in [2.24, 2.45) is 5.14 Å². The van der Waals surface area contributed by atoms with Crippen LogP contribution in [0.5, 0.6) is 0 Å². The molecule has 1 atom stereocenters. The highest BCUT2D eigenvalue weighted by atomic mass is 33.1. The second-order valence-electron chi connectivity index (χ2n) is 5.13. The Morgan fingerprint density at radius 2 is 1.65 bits per heavy atom. The Morgan fingerprint density at radius 1 is 1.00 bits per heavy atom. The Kier molecular flexibility index (Phi) is 10.8. The zero-order valence-corrected chi connectivity index (χ0v) is 15.1. The molecule has 0 aliphatic carbocycles. The van der Waals surface area contributed by atoms with E-state index in [1.807, 2.05) is 0 Å². The molecule has 6 heteroatoms. The van der Waals surface area contributed by atoms with E-state index < -0.39 is 0 Å². The minimum atomic E-state index is 0.605. The maximum absolute atomic E-state index is 5.48. The summed E-state index contributed by atoms with van der Waals surface area (Å²) in [6, 6.07) is 0. The molecule has 0 aromatic carbocycles. The lowest BCUT2D eigenvalue weighted by Gasteiger charge is -2.13. The summed E-state index contributed by atoms with van der Waals surface area (Å²) in [6.07, 6.45) is 11.7. The van der Waals surface area contributed by atoms with E-state index in [0.717, 1.165) is 4.34 Å². The van der Waals surface area contributed by atoms with Crippen molar-refractivity contribution in [3.8, 4) is 0 Å². The first-order valence-corrected chi connectivity index (χ1v) is 10.7. The molecule has 116 valence electrons. The Balaban J connectivity index is 2.49. The first-order chi connectivity index (χ1) is 9.81. The maximum atomic E-state index is 5.48. The Bertz CT molecular complexity index is 344. The van der Waals surface area contributed by atoms with E-state index in [1.54, 1.807) is 11.3 Å².